The number of unbranched alkanes of at least 4 members (excludes halogenated alkanes) is 2. The average Bonchev–Trinajstić information content (AvgIpc) is 3.19. The molecule has 0 radical (unpaired) electrons. The summed E-state index contributed by atoms with van der Waals surface area (Å²) in [4.78, 5) is 16.3. The van der Waals surface area contributed by atoms with Crippen molar-refractivity contribution in [2.24, 2.45) is 5.73 Å². The molecule has 7 heteroatoms. The molecule has 40 heavy (non-hydrogen) atoms. The second kappa shape index (κ2) is 11.9. The first kappa shape index (κ1) is 28.0. The molecule has 2 aliphatic rings. The van der Waals surface area contributed by atoms with Crippen molar-refractivity contribution in [3.63, 3.8) is 0 Å². The summed E-state index contributed by atoms with van der Waals surface area (Å²) in [6.45, 7) is 13.0. The molecule has 5 N–H and O–H groups in total. The van der Waals surface area contributed by atoms with E-state index in [-0.39, 0.29) is 5.91 Å². The van der Waals surface area contributed by atoms with Crippen LogP contribution < -0.4 is 26.4 Å². The number of nitrogens with one attached hydrogen (secondary N) is 3. The number of carbonyl (C=O) groups excluding carboxylic acids is 1. The van der Waals surface area contributed by atoms with Crippen LogP contribution in [-0.2, 0) is 5.54 Å². The van der Waals surface area contributed by atoms with Crippen molar-refractivity contribution in [2.45, 2.75) is 52.5 Å². The first-order valence-corrected chi connectivity index (χ1v) is 14.7. The van der Waals surface area contributed by atoms with Gasteiger partial charge in [0.15, 0.2) is 0 Å². The van der Waals surface area contributed by atoms with Crippen molar-refractivity contribution in [1.82, 2.24) is 10.2 Å². The van der Waals surface area contributed by atoms with E-state index in [0.29, 0.717) is 13.1 Å². The highest BCUT2D eigenvalue weighted by atomic mass is 16.5. The monoisotopic (exact) mass is 541 g/mol. The van der Waals surface area contributed by atoms with Crippen LogP contribution in [0.15, 0.2) is 48.5 Å². The first-order chi connectivity index (χ1) is 19.5. The van der Waals surface area contributed by atoms with Crippen molar-refractivity contribution < 1.29 is 9.53 Å². The number of nitrogens with zero attached hydrogens (tertiary/aromatic N) is 1. The highest BCUT2D eigenvalue weighted by Gasteiger charge is 2.56. The van der Waals surface area contributed by atoms with Crippen LogP contribution >= 0.6 is 0 Å². The molecule has 0 saturated carbocycles. The van der Waals surface area contributed by atoms with Crippen LogP contribution in [0.25, 0.3) is 0 Å². The molecule has 7 nitrogen and oxygen atoms in total. The van der Waals surface area contributed by atoms with Crippen LogP contribution in [-0.4, -0.2) is 50.1 Å². The van der Waals surface area contributed by atoms with Gasteiger partial charge in [0.2, 0.25) is 0 Å². The Balaban J connectivity index is 1.68. The van der Waals surface area contributed by atoms with Gasteiger partial charge in [-0.05, 0) is 88.5 Å². The number of amides is 1. The van der Waals surface area contributed by atoms with E-state index in [1.807, 2.05) is 18.2 Å². The summed E-state index contributed by atoms with van der Waals surface area (Å²) in [5, 5.41) is 10.5. The van der Waals surface area contributed by atoms with E-state index in [2.05, 4.69) is 78.9 Å². The number of ether oxygens (including phenoxy) is 1. The van der Waals surface area contributed by atoms with Gasteiger partial charge in [-0.2, -0.15) is 0 Å². The summed E-state index contributed by atoms with van der Waals surface area (Å²) >= 11 is 0. The van der Waals surface area contributed by atoms with Crippen molar-refractivity contribution in [3.8, 4) is 11.5 Å². The maximum Gasteiger partial charge on any atom is 0.255 e. The summed E-state index contributed by atoms with van der Waals surface area (Å²) in [7, 11) is 0. The number of anilines is 2. The molecule has 0 atom stereocenters. The molecule has 0 saturated heterocycles. The van der Waals surface area contributed by atoms with E-state index in [4.69, 9.17) is 10.5 Å². The van der Waals surface area contributed by atoms with Gasteiger partial charge in [0.05, 0.1) is 0 Å². The minimum absolute atomic E-state index is 0.0566. The number of nitrogens with two attached hydrogens (primary N) is 1. The SMILES string of the molecule is CCNc1cc2c(cc1C)C1(c3cc(C)c(NCC)cc3O2)c2ccccc2C(=O)N1CCNCCCCCN. The summed E-state index contributed by atoms with van der Waals surface area (Å²) in [6, 6.07) is 16.7. The summed E-state index contributed by atoms with van der Waals surface area (Å²) in [5.41, 5.74) is 13.0. The molecular formula is C33H43N5O2. The van der Waals surface area contributed by atoms with Gasteiger partial charge >= 0.3 is 0 Å². The predicted octanol–water partition coefficient (Wildman–Crippen LogP) is 5.74. The zero-order valence-corrected chi connectivity index (χ0v) is 24.3. The quantitative estimate of drug-likeness (QED) is 0.219. The van der Waals surface area contributed by atoms with Crippen LogP contribution in [0.2, 0.25) is 0 Å². The fourth-order valence-electron chi connectivity index (χ4n) is 6.30. The number of hydrogen-bond acceptors (Lipinski definition) is 6. The minimum Gasteiger partial charge on any atom is -0.456 e. The first-order valence-electron chi connectivity index (χ1n) is 14.7. The van der Waals surface area contributed by atoms with E-state index in [9.17, 15) is 4.79 Å². The lowest BCUT2D eigenvalue weighted by molar-refractivity contribution is 0.0667. The third-order valence-corrected chi connectivity index (χ3v) is 8.15. The van der Waals surface area contributed by atoms with Gasteiger partial charge in [-0.3, -0.25) is 4.79 Å². The van der Waals surface area contributed by atoms with Crippen LogP contribution in [0, 0.1) is 13.8 Å². The molecule has 3 aromatic carbocycles. The molecule has 0 unspecified atom stereocenters. The number of aryl methyl sites for hydroxylation is 2. The Hall–Kier alpha value is -3.55. The van der Waals surface area contributed by atoms with Crippen molar-refractivity contribution >= 4 is 17.3 Å². The molecule has 0 bridgehead atoms. The number of rotatable bonds is 12. The fourth-order valence-corrected chi connectivity index (χ4v) is 6.30. The molecular weight excluding hydrogens is 498 g/mol. The zero-order valence-electron chi connectivity index (χ0n) is 24.3. The normalized spacial score (nSPS) is 14.5. The smallest absolute Gasteiger partial charge is 0.255 e. The number of carbonyl (C=O) groups is 1. The van der Waals surface area contributed by atoms with Crippen molar-refractivity contribution in [3.05, 3.63) is 81.9 Å². The van der Waals surface area contributed by atoms with Gasteiger partial charge in [0.25, 0.3) is 5.91 Å². The third-order valence-electron chi connectivity index (χ3n) is 8.15. The molecule has 3 aromatic rings. The lowest BCUT2D eigenvalue weighted by atomic mass is 9.73. The lowest BCUT2D eigenvalue weighted by Gasteiger charge is -2.45. The van der Waals surface area contributed by atoms with Crippen LogP contribution in [0.5, 0.6) is 11.5 Å². The van der Waals surface area contributed by atoms with Gasteiger partial charge in [-0.1, -0.05) is 24.6 Å². The Labute approximate surface area is 238 Å². The highest BCUT2D eigenvalue weighted by Crippen LogP contribution is 2.58. The van der Waals surface area contributed by atoms with Crippen molar-refractivity contribution in [2.75, 3.05) is 49.9 Å². The van der Waals surface area contributed by atoms with Crippen LogP contribution in [0.4, 0.5) is 11.4 Å². The molecule has 212 valence electrons. The summed E-state index contributed by atoms with van der Waals surface area (Å²) in [5.74, 6) is 1.62. The predicted molar refractivity (Wildman–Crippen MR) is 164 cm³/mol. The molecule has 1 spiro atoms. The molecule has 0 aliphatic carbocycles. The zero-order chi connectivity index (χ0) is 28.3. The average molecular weight is 542 g/mol. The van der Waals surface area contributed by atoms with Gasteiger partial charge in [0.1, 0.15) is 17.0 Å². The fraction of sp³-hybridized carbons (Fsp3) is 0.424. The lowest BCUT2D eigenvalue weighted by Crippen LogP contribution is -2.49. The van der Waals surface area contributed by atoms with Crippen LogP contribution in [0.3, 0.4) is 0 Å². The topological polar surface area (TPSA) is 91.6 Å². The van der Waals surface area contributed by atoms with Gasteiger partial charge < -0.3 is 31.3 Å². The minimum atomic E-state index is -0.789. The van der Waals surface area contributed by atoms with E-state index in [1.165, 1.54) is 0 Å². The summed E-state index contributed by atoms with van der Waals surface area (Å²) < 4.78 is 6.68. The van der Waals surface area contributed by atoms with Crippen LogP contribution in [0.1, 0.15) is 71.3 Å². The van der Waals surface area contributed by atoms with Crippen molar-refractivity contribution in [1.29, 1.82) is 0 Å². The Morgan fingerprint density at radius 2 is 1.45 bits per heavy atom. The molecule has 0 fully saturated rings. The molecule has 2 aliphatic heterocycles. The Morgan fingerprint density at radius 3 is 2.05 bits per heavy atom. The van der Waals surface area contributed by atoms with E-state index >= 15 is 0 Å². The molecule has 5 rings (SSSR count). The molecule has 2 heterocycles. The number of fused-ring (bicyclic) bond motifs is 6. The maximum absolute atomic E-state index is 14.2. The number of benzene rings is 3. The third kappa shape index (κ3) is 4.71. The van der Waals surface area contributed by atoms with Gasteiger partial charge in [-0.25, -0.2) is 0 Å². The second-order valence-electron chi connectivity index (χ2n) is 10.8. The van der Waals surface area contributed by atoms with Gasteiger partial charge in [0, 0.05) is 66.4 Å². The summed E-state index contributed by atoms with van der Waals surface area (Å²) in [6.07, 6.45) is 3.23. The van der Waals surface area contributed by atoms with E-state index in [1.54, 1.807) is 0 Å². The molecule has 1 amide bonds. The largest absolute Gasteiger partial charge is 0.456 e. The Bertz CT molecular complexity index is 1320. The van der Waals surface area contributed by atoms with E-state index in [0.717, 1.165) is 102 Å². The van der Waals surface area contributed by atoms with E-state index < -0.39 is 5.54 Å². The second-order valence-corrected chi connectivity index (χ2v) is 10.8. The Morgan fingerprint density at radius 1 is 0.825 bits per heavy atom. The standard InChI is InChI=1S/C33H43N5O2/c1-5-36-28-20-30-26(18-22(28)3)33(27-19-23(4)29(37-6-2)21-31(27)40-30)25-13-9-8-12-24(25)32(39)38(33)17-16-35-15-11-7-10-14-34/h8-9,12-13,18-21,35-37H,5-7,10-11,14-17,34H2,1-4H3. The maximum atomic E-state index is 14.2. The highest BCUT2D eigenvalue weighted by molar-refractivity contribution is 6.02. The Kier molecular flexibility index (Phi) is 8.33. The van der Waals surface area contributed by atoms with Gasteiger partial charge in [-0.15, -0.1) is 0 Å². The molecule has 0 aromatic heterocycles. The number of hydrogen-bond donors (Lipinski definition) is 4.